The second-order valence-electron chi connectivity index (χ2n) is 6.87. The molecule has 8 heteroatoms. The van der Waals surface area contributed by atoms with Gasteiger partial charge in [0.1, 0.15) is 0 Å². The van der Waals surface area contributed by atoms with Crippen LogP contribution in [0.5, 0.6) is 0 Å². The largest absolute Gasteiger partial charge is 0.380 e. The predicted octanol–water partition coefficient (Wildman–Crippen LogP) is 3.89. The van der Waals surface area contributed by atoms with E-state index in [1.54, 1.807) is 18.2 Å². The van der Waals surface area contributed by atoms with E-state index in [9.17, 15) is 8.42 Å². The van der Waals surface area contributed by atoms with Crippen LogP contribution < -0.4 is 4.72 Å². The Morgan fingerprint density at radius 1 is 1.21 bits per heavy atom. The summed E-state index contributed by atoms with van der Waals surface area (Å²) < 4.78 is 32.5. The van der Waals surface area contributed by atoms with Crippen molar-refractivity contribution in [3.8, 4) is 0 Å². The Kier molecular flexibility index (Phi) is 7.02. The summed E-state index contributed by atoms with van der Waals surface area (Å²) in [7, 11) is -1.51. The van der Waals surface area contributed by atoms with Gasteiger partial charge in [0.25, 0.3) is 0 Å². The van der Waals surface area contributed by atoms with E-state index in [2.05, 4.69) is 9.62 Å². The van der Waals surface area contributed by atoms with E-state index in [0.29, 0.717) is 23.3 Å². The Labute approximate surface area is 176 Å². The van der Waals surface area contributed by atoms with E-state index < -0.39 is 10.0 Å². The van der Waals surface area contributed by atoms with Crippen LogP contribution in [0.4, 0.5) is 0 Å². The zero-order valence-electron chi connectivity index (χ0n) is 15.9. The number of halogens is 2. The lowest BCUT2D eigenvalue weighted by Crippen LogP contribution is -2.31. The highest BCUT2D eigenvalue weighted by atomic mass is 35.5. The predicted molar refractivity (Wildman–Crippen MR) is 113 cm³/mol. The van der Waals surface area contributed by atoms with Crippen molar-refractivity contribution in [2.24, 2.45) is 0 Å². The number of benzene rings is 2. The third kappa shape index (κ3) is 4.87. The van der Waals surface area contributed by atoms with Gasteiger partial charge in [-0.15, -0.1) is 0 Å². The lowest BCUT2D eigenvalue weighted by Gasteiger charge is -2.33. The fourth-order valence-electron chi connectivity index (χ4n) is 3.49. The number of sulfonamides is 1. The first-order chi connectivity index (χ1) is 13.3. The minimum absolute atomic E-state index is 0.0765. The maximum atomic E-state index is 12.4. The maximum absolute atomic E-state index is 12.4. The molecule has 152 valence electrons. The SMILES string of the molecule is CCOCCNS(=O)(=O)c1ccc([C@H]2CN(C)Cc3c(Cl)cc(Cl)cc32)cc1. The number of likely N-dealkylation sites (N-methyl/N-ethyl adjacent to an activating group) is 1. The molecule has 0 aliphatic carbocycles. The fraction of sp³-hybridized carbons (Fsp3) is 0.400. The molecular weight excluding hydrogens is 419 g/mol. The van der Waals surface area contributed by atoms with Crippen molar-refractivity contribution in [2.75, 3.05) is 33.4 Å². The summed E-state index contributed by atoms with van der Waals surface area (Å²) in [4.78, 5) is 2.44. The average molecular weight is 443 g/mol. The minimum atomic E-state index is -3.56. The van der Waals surface area contributed by atoms with Gasteiger partial charge in [0.2, 0.25) is 10.0 Å². The molecule has 1 atom stereocenters. The van der Waals surface area contributed by atoms with E-state index in [0.717, 1.165) is 29.8 Å². The first kappa shape index (κ1) is 21.6. The van der Waals surface area contributed by atoms with Gasteiger partial charge in [-0.1, -0.05) is 35.3 Å². The highest BCUT2D eigenvalue weighted by Gasteiger charge is 2.27. The molecule has 0 bridgehead atoms. The van der Waals surface area contributed by atoms with Crippen LogP contribution in [0.15, 0.2) is 41.3 Å². The van der Waals surface area contributed by atoms with Gasteiger partial charge in [0.05, 0.1) is 11.5 Å². The van der Waals surface area contributed by atoms with Crippen molar-refractivity contribution in [2.45, 2.75) is 24.3 Å². The summed E-state index contributed by atoms with van der Waals surface area (Å²) in [6.07, 6.45) is 0. The summed E-state index contributed by atoms with van der Waals surface area (Å²) >= 11 is 12.6. The van der Waals surface area contributed by atoms with E-state index in [-0.39, 0.29) is 17.4 Å². The molecule has 0 aromatic heterocycles. The number of nitrogens with one attached hydrogen (secondary N) is 1. The number of ether oxygens (including phenoxy) is 1. The number of hydrogen-bond donors (Lipinski definition) is 1. The van der Waals surface area contributed by atoms with E-state index in [1.165, 1.54) is 0 Å². The number of nitrogens with zero attached hydrogens (tertiary/aromatic N) is 1. The second kappa shape index (κ2) is 9.11. The molecule has 0 amide bonds. The van der Waals surface area contributed by atoms with Crippen LogP contribution in [0.2, 0.25) is 10.0 Å². The molecule has 1 aliphatic rings. The summed E-state index contributed by atoms with van der Waals surface area (Å²) in [5, 5.41) is 1.27. The first-order valence-electron chi connectivity index (χ1n) is 9.15. The highest BCUT2D eigenvalue weighted by molar-refractivity contribution is 7.89. The summed E-state index contributed by atoms with van der Waals surface area (Å²) in [6, 6.07) is 10.7. The van der Waals surface area contributed by atoms with E-state index in [1.807, 2.05) is 32.2 Å². The molecule has 0 saturated heterocycles. The van der Waals surface area contributed by atoms with Crippen LogP contribution in [0, 0.1) is 0 Å². The van der Waals surface area contributed by atoms with Crippen molar-refractivity contribution in [1.29, 1.82) is 0 Å². The van der Waals surface area contributed by atoms with Crippen LogP contribution in [0.3, 0.4) is 0 Å². The molecule has 1 heterocycles. The Bertz CT molecular complexity index is 933. The van der Waals surface area contributed by atoms with Crippen LogP contribution >= 0.6 is 23.2 Å². The van der Waals surface area contributed by atoms with Crippen molar-refractivity contribution >= 4 is 33.2 Å². The fourth-order valence-corrected chi connectivity index (χ4v) is 5.07. The van der Waals surface area contributed by atoms with Gasteiger partial charge in [0.15, 0.2) is 0 Å². The average Bonchev–Trinajstić information content (AvgIpc) is 2.65. The third-order valence-corrected chi connectivity index (χ3v) is 6.86. The molecule has 2 aromatic rings. The molecular formula is C20H24Cl2N2O3S. The zero-order valence-corrected chi connectivity index (χ0v) is 18.2. The summed E-state index contributed by atoms with van der Waals surface area (Å²) in [5.41, 5.74) is 3.19. The number of fused-ring (bicyclic) bond motifs is 1. The Morgan fingerprint density at radius 2 is 1.93 bits per heavy atom. The molecule has 3 rings (SSSR count). The van der Waals surface area contributed by atoms with Gasteiger partial charge < -0.3 is 9.64 Å². The quantitative estimate of drug-likeness (QED) is 0.660. The molecule has 1 N–H and O–H groups in total. The standard InChI is InChI=1S/C20H24Cl2N2O3S/c1-3-27-9-8-23-28(25,26)16-6-4-14(5-7-16)18-12-24(2)13-19-17(18)10-15(21)11-20(19)22/h4-7,10-11,18,23H,3,8-9,12-13H2,1-2H3/t18-/m1/s1. The van der Waals surface area contributed by atoms with Crippen molar-refractivity contribution in [3.05, 3.63) is 63.1 Å². The molecule has 2 aromatic carbocycles. The zero-order chi connectivity index (χ0) is 20.3. The Morgan fingerprint density at radius 3 is 2.61 bits per heavy atom. The van der Waals surface area contributed by atoms with Gasteiger partial charge in [-0.3, -0.25) is 0 Å². The lowest BCUT2D eigenvalue weighted by molar-refractivity contribution is 0.153. The van der Waals surface area contributed by atoms with Crippen LogP contribution in [-0.2, 0) is 21.3 Å². The van der Waals surface area contributed by atoms with E-state index >= 15 is 0 Å². The van der Waals surface area contributed by atoms with E-state index in [4.69, 9.17) is 27.9 Å². The monoisotopic (exact) mass is 442 g/mol. The topological polar surface area (TPSA) is 58.6 Å². The third-order valence-electron chi connectivity index (χ3n) is 4.83. The Hall–Kier alpha value is -1.15. The smallest absolute Gasteiger partial charge is 0.240 e. The molecule has 5 nitrogen and oxygen atoms in total. The Balaban J connectivity index is 1.84. The molecule has 28 heavy (non-hydrogen) atoms. The normalized spacial score (nSPS) is 17.5. The molecule has 1 aliphatic heterocycles. The van der Waals surface area contributed by atoms with Gasteiger partial charge in [0, 0.05) is 42.2 Å². The molecule has 0 unspecified atom stereocenters. The number of rotatable bonds is 7. The van der Waals surface area contributed by atoms with Crippen molar-refractivity contribution < 1.29 is 13.2 Å². The summed E-state index contributed by atoms with van der Waals surface area (Å²) in [5.74, 6) is 0.0765. The summed E-state index contributed by atoms with van der Waals surface area (Å²) in [6.45, 7) is 4.59. The molecule has 0 radical (unpaired) electrons. The van der Waals surface area contributed by atoms with Gasteiger partial charge in [-0.05, 0) is 54.9 Å². The maximum Gasteiger partial charge on any atom is 0.240 e. The highest BCUT2D eigenvalue weighted by Crippen LogP contribution is 2.38. The van der Waals surface area contributed by atoms with Gasteiger partial charge in [-0.2, -0.15) is 0 Å². The van der Waals surface area contributed by atoms with Crippen LogP contribution in [0.25, 0.3) is 0 Å². The minimum Gasteiger partial charge on any atom is -0.380 e. The molecule has 0 spiro atoms. The van der Waals surface area contributed by atoms with Crippen molar-refractivity contribution in [3.63, 3.8) is 0 Å². The lowest BCUT2D eigenvalue weighted by atomic mass is 9.85. The molecule has 0 saturated carbocycles. The van der Waals surface area contributed by atoms with Gasteiger partial charge >= 0.3 is 0 Å². The van der Waals surface area contributed by atoms with Crippen molar-refractivity contribution in [1.82, 2.24) is 9.62 Å². The van der Waals surface area contributed by atoms with Crippen LogP contribution in [0.1, 0.15) is 29.5 Å². The second-order valence-corrected chi connectivity index (χ2v) is 9.48. The molecule has 0 fully saturated rings. The van der Waals surface area contributed by atoms with Gasteiger partial charge in [-0.25, -0.2) is 13.1 Å². The van der Waals surface area contributed by atoms with Crippen LogP contribution in [-0.4, -0.2) is 46.7 Å². The first-order valence-corrected chi connectivity index (χ1v) is 11.4. The number of hydrogen-bond acceptors (Lipinski definition) is 4.